The average molecular weight is 545 g/mol. The average Bonchev–Trinajstić information content (AvgIpc) is 3.32. The zero-order valence-corrected chi connectivity index (χ0v) is 21.4. The molecule has 2 aromatic rings. The number of likely N-dealkylation sites (tertiary alicyclic amines) is 1. The number of piperidine rings is 1. The number of hydrogen-bond donors (Lipinski definition) is 0. The number of ether oxygens (including phenoxy) is 1. The van der Waals surface area contributed by atoms with Gasteiger partial charge >= 0.3 is 12.2 Å². The molecule has 0 aliphatic carbocycles. The summed E-state index contributed by atoms with van der Waals surface area (Å²) in [4.78, 5) is 21.1. The molecule has 0 N–H and O–H groups in total. The van der Waals surface area contributed by atoms with Gasteiger partial charge in [0, 0.05) is 45.1 Å². The fraction of sp³-hybridized carbons (Fsp3) is 0.625. The van der Waals surface area contributed by atoms with Crippen molar-refractivity contribution >= 4 is 15.9 Å². The molecule has 0 radical (unpaired) electrons. The van der Waals surface area contributed by atoms with E-state index in [2.05, 4.69) is 10.1 Å². The SMILES string of the molecule is CCOCCc1noc(C2CC(c3ccc(CC(F)(F)F)cc3)CN(C(=O)N3CCS(=O)(=O)CC3)C2)n1. The van der Waals surface area contributed by atoms with Gasteiger partial charge < -0.3 is 19.1 Å². The number of nitrogens with zero attached hydrogens (tertiary/aromatic N) is 4. The van der Waals surface area contributed by atoms with Crippen molar-refractivity contribution in [2.75, 3.05) is 50.9 Å². The Kier molecular flexibility index (Phi) is 8.42. The summed E-state index contributed by atoms with van der Waals surface area (Å²) in [5.41, 5.74) is 0.979. The molecule has 2 aliphatic heterocycles. The number of halogens is 3. The smallest absolute Gasteiger partial charge is 0.381 e. The second-order valence-corrected chi connectivity index (χ2v) is 11.8. The second-order valence-electron chi connectivity index (χ2n) is 9.49. The molecule has 0 saturated carbocycles. The Bertz CT molecular complexity index is 1160. The molecule has 1 aromatic carbocycles. The van der Waals surface area contributed by atoms with Gasteiger partial charge in [-0.05, 0) is 24.5 Å². The Morgan fingerprint density at radius 1 is 1.11 bits per heavy atom. The van der Waals surface area contributed by atoms with Gasteiger partial charge in [0.25, 0.3) is 0 Å². The lowest BCUT2D eigenvalue weighted by Crippen LogP contribution is -2.53. The molecule has 3 heterocycles. The van der Waals surface area contributed by atoms with E-state index in [9.17, 15) is 26.4 Å². The largest absolute Gasteiger partial charge is 0.393 e. The molecule has 2 atom stereocenters. The van der Waals surface area contributed by atoms with E-state index in [0.29, 0.717) is 50.9 Å². The predicted octanol–water partition coefficient (Wildman–Crippen LogP) is 3.18. The number of carbonyl (C=O) groups is 1. The van der Waals surface area contributed by atoms with Crippen LogP contribution in [0.5, 0.6) is 0 Å². The van der Waals surface area contributed by atoms with Crippen molar-refractivity contribution in [2.45, 2.75) is 44.2 Å². The van der Waals surface area contributed by atoms with Gasteiger partial charge in [-0.2, -0.15) is 18.2 Å². The number of hydrogen-bond acceptors (Lipinski definition) is 7. The number of alkyl halides is 3. The van der Waals surface area contributed by atoms with Crippen LogP contribution in [0.1, 0.15) is 48.0 Å². The van der Waals surface area contributed by atoms with E-state index in [1.807, 2.05) is 6.92 Å². The number of aromatic nitrogens is 2. The lowest BCUT2D eigenvalue weighted by atomic mass is 9.84. The molecule has 9 nitrogen and oxygen atoms in total. The topological polar surface area (TPSA) is 106 Å². The highest BCUT2D eigenvalue weighted by Gasteiger charge is 2.37. The first-order valence-electron chi connectivity index (χ1n) is 12.3. The molecule has 2 amide bonds. The minimum absolute atomic E-state index is 0.0764. The second kappa shape index (κ2) is 11.4. The van der Waals surface area contributed by atoms with Crippen molar-refractivity contribution in [2.24, 2.45) is 0 Å². The van der Waals surface area contributed by atoms with Crippen LogP contribution in [-0.2, 0) is 27.4 Å². The molecule has 2 unspecified atom stereocenters. The van der Waals surface area contributed by atoms with E-state index < -0.39 is 22.4 Å². The third kappa shape index (κ3) is 7.44. The van der Waals surface area contributed by atoms with E-state index in [1.165, 1.54) is 17.0 Å². The van der Waals surface area contributed by atoms with Crippen molar-refractivity contribution in [1.82, 2.24) is 19.9 Å². The number of amides is 2. The Morgan fingerprint density at radius 2 is 1.78 bits per heavy atom. The zero-order valence-electron chi connectivity index (χ0n) is 20.6. The van der Waals surface area contributed by atoms with Crippen LogP contribution in [0.25, 0.3) is 0 Å². The van der Waals surface area contributed by atoms with Gasteiger partial charge in [-0.3, -0.25) is 0 Å². The highest BCUT2D eigenvalue weighted by Crippen LogP contribution is 2.36. The number of carbonyl (C=O) groups excluding carboxylic acids is 1. The molecule has 0 spiro atoms. The monoisotopic (exact) mass is 544 g/mol. The van der Waals surface area contributed by atoms with Crippen LogP contribution in [0.2, 0.25) is 0 Å². The highest BCUT2D eigenvalue weighted by molar-refractivity contribution is 7.91. The fourth-order valence-electron chi connectivity index (χ4n) is 4.76. The summed E-state index contributed by atoms with van der Waals surface area (Å²) in [6.07, 6.45) is -4.24. The van der Waals surface area contributed by atoms with Crippen LogP contribution < -0.4 is 0 Å². The number of rotatable bonds is 7. The fourth-order valence-corrected chi connectivity index (χ4v) is 5.96. The summed E-state index contributed by atoms with van der Waals surface area (Å²) in [5.74, 6) is 0.291. The molecular formula is C24H31F3N4O5S. The maximum atomic E-state index is 13.4. The van der Waals surface area contributed by atoms with Crippen LogP contribution in [-0.4, -0.2) is 91.5 Å². The molecule has 4 rings (SSSR count). The number of sulfone groups is 1. The third-order valence-electron chi connectivity index (χ3n) is 6.70. The summed E-state index contributed by atoms with van der Waals surface area (Å²) >= 11 is 0. The van der Waals surface area contributed by atoms with E-state index in [-0.39, 0.29) is 48.0 Å². The number of benzene rings is 1. The quantitative estimate of drug-likeness (QED) is 0.493. The third-order valence-corrected chi connectivity index (χ3v) is 8.31. The Hall–Kier alpha value is -2.67. The molecule has 2 saturated heterocycles. The van der Waals surface area contributed by atoms with Gasteiger partial charge in [-0.25, -0.2) is 13.2 Å². The Labute approximate surface area is 213 Å². The van der Waals surface area contributed by atoms with E-state index in [0.717, 1.165) is 5.56 Å². The van der Waals surface area contributed by atoms with Crippen molar-refractivity contribution in [3.05, 3.63) is 47.1 Å². The van der Waals surface area contributed by atoms with Crippen molar-refractivity contribution < 1.29 is 35.6 Å². The molecule has 204 valence electrons. The zero-order chi connectivity index (χ0) is 26.6. The molecule has 2 fully saturated rings. The summed E-state index contributed by atoms with van der Waals surface area (Å²) in [6, 6.07) is 6.01. The summed E-state index contributed by atoms with van der Waals surface area (Å²) in [7, 11) is -3.15. The molecule has 13 heteroatoms. The normalized spacial score (nSPS) is 22.3. The summed E-state index contributed by atoms with van der Waals surface area (Å²) in [6.45, 7) is 3.84. The molecule has 37 heavy (non-hydrogen) atoms. The molecular weight excluding hydrogens is 513 g/mol. The van der Waals surface area contributed by atoms with E-state index in [1.54, 1.807) is 17.0 Å². The first-order valence-corrected chi connectivity index (χ1v) is 14.1. The molecule has 1 aromatic heterocycles. The molecule has 0 bridgehead atoms. The van der Waals surface area contributed by atoms with Gasteiger partial charge in [0.2, 0.25) is 5.89 Å². The van der Waals surface area contributed by atoms with Crippen LogP contribution in [0.4, 0.5) is 18.0 Å². The minimum atomic E-state index is -4.29. The maximum absolute atomic E-state index is 13.4. The van der Waals surface area contributed by atoms with Crippen LogP contribution in [0.15, 0.2) is 28.8 Å². The van der Waals surface area contributed by atoms with Crippen molar-refractivity contribution in [3.63, 3.8) is 0 Å². The number of urea groups is 1. The predicted molar refractivity (Wildman–Crippen MR) is 128 cm³/mol. The van der Waals surface area contributed by atoms with Crippen molar-refractivity contribution in [1.29, 1.82) is 0 Å². The Balaban J connectivity index is 1.53. The molecule has 2 aliphatic rings. The van der Waals surface area contributed by atoms with Gasteiger partial charge in [0.15, 0.2) is 15.7 Å². The first kappa shape index (κ1) is 27.4. The van der Waals surface area contributed by atoms with Gasteiger partial charge in [-0.1, -0.05) is 29.4 Å². The summed E-state index contributed by atoms with van der Waals surface area (Å²) < 4.78 is 72.9. The Morgan fingerprint density at radius 3 is 2.43 bits per heavy atom. The summed E-state index contributed by atoms with van der Waals surface area (Å²) in [5, 5.41) is 4.03. The van der Waals surface area contributed by atoms with Crippen LogP contribution in [0.3, 0.4) is 0 Å². The highest BCUT2D eigenvalue weighted by atomic mass is 32.2. The minimum Gasteiger partial charge on any atom is -0.381 e. The standard InChI is InChI=1S/C24H31F3N4O5S/c1-2-35-10-7-21-28-22(36-29-21)20-13-19(18-5-3-17(4-6-18)14-24(25,26)27)15-31(16-20)23(32)30-8-11-37(33,34)12-9-30/h3-6,19-20H,2,7-16H2,1H3. The van der Waals surface area contributed by atoms with Gasteiger partial charge in [0.05, 0.1) is 30.5 Å². The van der Waals surface area contributed by atoms with Crippen LogP contribution >= 0.6 is 0 Å². The lowest BCUT2D eigenvalue weighted by molar-refractivity contribution is -0.127. The lowest BCUT2D eigenvalue weighted by Gasteiger charge is -2.40. The maximum Gasteiger partial charge on any atom is 0.393 e. The van der Waals surface area contributed by atoms with Crippen molar-refractivity contribution in [3.8, 4) is 0 Å². The van der Waals surface area contributed by atoms with E-state index in [4.69, 9.17) is 9.26 Å². The first-order chi connectivity index (χ1) is 17.5. The van der Waals surface area contributed by atoms with E-state index >= 15 is 0 Å². The van der Waals surface area contributed by atoms with Crippen LogP contribution in [0, 0.1) is 0 Å². The van der Waals surface area contributed by atoms with Gasteiger partial charge in [-0.15, -0.1) is 0 Å². The van der Waals surface area contributed by atoms with Gasteiger partial charge in [0.1, 0.15) is 0 Å².